The fourth-order valence-electron chi connectivity index (χ4n) is 4.73. The minimum Gasteiger partial charge on any atom is -0.496 e. The van der Waals surface area contributed by atoms with Gasteiger partial charge < -0.3 is 18.3 Å². The number of hydrogen-bond acceptors (Lipinski definition) is 8. The highest BCUT2D eigenvalue weighted by Crippen LogP contribution is 2.38. The van der Waals surface area contributed by atoms with Crippen molar-refractivity contribution in [3.05, 3.63) is 116 Å². The Morgan fingerprint density at radius 1 is 0.872 bits per heavy atom. The molecule has 1 atom stereocenters. The molecular weight excluding hydrogens is 500 g/mol. The van der Waals surface area contributed by atoms with Crippen LogP contribution in [-0.4, -0.2) is 18.9 Å². The summed E-state index contributed by atoms with van der Waals surface area (Å²) in [6, 6.07) is 22.0. The third kappa shape index (κ3) is 5.22. The van der Waals surface area contributed by atoms with E-state index in [9.17, 15) is 19.2 Å². The number of ether oxygens (including phenoxy) is 2. The van der Waals surface area contributed by atoms with Crippen LogP contribution in [-0.2, 0) is 16.0 Å². The summed E-state index contributed by atoms with van der Waals surface area (Å²) >= 11 is 0. The van der Waals surface area contributed by atoms with Crippen molar-refractivity contribution in [3.63, 3.8) is 0 Å². The highest BCUT2D eigenvalue weighted by molar-refractivity contribution is 5.91. The lowest BCUT2D eigenvalue weighted by atomic mass is 9.87. The minimum absolute atomic E-state index is 0.0000331. The fourth-order valence-corrected chi connectivity index (χ4v) is 4.73. The normalized spacial score (nSPS) is 11.8. The highest BCUT2D eigenvalue weighted by atomic mass is 16.5. The Labute approximate surface area is 222 Å². The predicted octanol–water partition coefficient (Wildman–Crippen LogP) is 5.17. The van der Waals surface area contributed by atoms with E-state index in [0.717, 1.165) is 0 Å². The van der Waals surface area contributed by atoms with E-state index in [1.165, 1.54) is 20.1 Å². The fraction of sp³-hybridized carbons (Fsp3) is 0.161. The summed E-state index contributed by atoms with van der Waals surface area (Å²) in [5, 5.41) is 1.01. The summed E-state index contributed by atoms with van der Waals surface area (Å²) < 4.78 is 22.3. The number of Topliss-reactive ketones (excluding diaryl/α,β-unsaturated/α-hetero) is 1. The molecule has 0 fully saturated rings. The van der Waals surface area contributed by atoms with Gasteiger partial charge in [0.15, 0.2) is 5.75 Å². The zero-order chi connectivity index (χ0) is 27.5. The number of ketones is 1. The number of carbonyl (C=O) groups excluding carboxylic acids is 2. The van der Waals surface area contributed by atoms with Crippen LogP contribution in [0.5, 0.6) is 11.5 Å². The molecule has 3 aromatic carbocycles. The molecule has 0 N–H and O–H groups in total. The lowest BCUT2D eigenvalue weighted by Gasteiger charge is -2.20. The van der Waals surface area contributed by atoms with Crippen molar-refractivity contribution in [2.45, 2.75) is 25.7 Å². The number of rotatable bonds is 8. The molecule has 5 rings (SSSR count). The van der Waals surface area contributed by atoms with Crippen LogP contribution in [0.4, 0.5) is 0 Å². The maximum atomic E-state index is 13.5. The van der Waals surface area contributed by atoms with Crippen molar-refractivity contribution in [2.75, 3.05) is 7.11 Å². The quantitative estimate of drug-likeness (QED) is 0.202. The van der Waals surface area contributed by atoms with Gasteiger partial charge in [-0.25, -0.2) is 9.59 Å². The van der Waals surface area contributed by atoms with Gasteiger partial charge in [0.05, 0.1) is 24.5 Å². The molecular formula is C31H24O8. The van der Waals surface area contributed by atoms with Crippen LogP contribution in [0, 0.1) is 0 Å². The molecule has 0 amide bonds. The maximum Gasteiger partial charge on any atom is 0.343 e. The van der Waals surface area contributed by atoms with E-state index >= 15 is 0 Å². The van der Waals surface area contributed by atoms with Crippen LogP contribution in [0.15, 0.2) is 97.3 Å². The number of benzene rings is 3. The first-order chi connectivity index (χ1) is 18.9. The van der Waals surface area contributed by atoms with E-state index < -0.39 is 23.1 Å². The van der Waals surface area contributed by atoms with Gasteiger partial charge in [-0.05, 0) is 42.8 Å². The van der Waals surface area contributed by atoms with Crippen LogP contribution in [0.25, 0.3) is 21.9 Å². The Morgan fingerprint density at radius 2 is 1.59 bits per heavy atom. The van der Waals surface area contributed by atoms with E-state index in [1.54, 1.807) is 66.7 Å². The molecule has 0 saturated heterocycles. The average molecular weight is 525 g/mol. The minimum atomic E-state index is -0.723. The standard InChI is InChI=1S/C31H24O8/c1-18(32)16-22(19-8-4-3-5-9-19)28-30(21-10-6-7-11-25(21)37-31(28)35)39-27(34)17-23-24(36-2)14-12-20-13-15-26(33)38-29(20)23/h3-15,22H,16-17H2,1-2H3. The third-order valence-electron chi connectivity index (χ3n) is 6.45. The van der Waals surface area contributed by atoms with Gasteiger partial charge in [0.1, 0.15) is 22.7 Å². The second kappa shape index (κ2) is 10.8. The van der Waals surface area contributed by atoms with Crippen molar-refractivity contribution >= 4 is 33.7 Å². The molecule has 2 aromatic heterocycles. The molecule has 0 aliphatic carbocycles. The Morgan fingerprint density at radius 3 is 2.33 bits per heavy atom. The summed E-state index contributed by atoms with van der Waals surface area (Å²) in [7, 11) is 1.44. The first kappa shape index (κ1) is 25.7. The molecule has 0 spiro atoms. The SMILES string of the molecule is COc1ccc2ccc(=O)oc2c1CC(=O)Oc1c(C(CC(C)=O)c2ccccc2)c(=O)oc2ccccc12. The molecule has 8 nitrogen and oxygen atoms in total. The molecule has 0 saturated carbocycles. The topological polar surface area (TPSA) is 113 Å². The number of carbonyl (C=O) groups is 2. The van der Waals surface area contributed by atoms with Crippen LogP contribution in [0.2, 0.25) is 0 Å². The van der Waals surface area contributed by atoms with E-state index in [4.69, 9.17) is 18.3 Å². The molecule has 39 heavy (non-hydrogen) atoms. The van der Waals surface area contributed by atoms with Crippen LogP contribution in [0.3, 0.4) is 0 Å². The number of fused-ring (bicyclic) bond motifs is 2. The third-order valence-corrected chi connectivity index (χ3v) is 6.45. The van der Waals surface area contributed by atoms with Crippen molar-refractivity contribution in [1.29, 1.82) is 0 Å². The second-order valence-electron chi connectivity index (χ2n) is 9.07. The summed E-state index contributed by atoms with van der Waals surface area (Å²) in [5.41, 5.74) is 0.252. The molecule has 0 radical (unpaired) electrons. The van der Waals surface area contributed by atoms with E-state index in [0.29, 0.717) is 27.6 Å². The van der Waals surface area contributed by atoms with Crippen LogP contribution < -0.4 is 20.7 Å². The largest absolute Gasteiger partial charge is 0.496 e. The summed E-state index contributed by atoms with van der Waals surface area (Å²) in [5.74, 6) is -1.23. The van der Waals surface area contributed by atoms with Gasteiger partial charge in [0.2, 0.25) is 0 Å². The first-order valence-corrected chi connectivity index (χ1v) is 12.3. The van der Waals surface area contributed by atoms with Crippen molar-refractivity contribution in [3.8, 4) is 11.5 Å². The summed E-state index contributed by atoms with van der Waals surface area (Å²) in [4.78, 5) is 51.1. The summed E-state index contributed by atoms with van der Waals surface area (Å²) in [6.45, 7) is 1.44. The van der Waals surface area contributed by atoms with Crippen molar-refractivity contribution < 1.29 is 27.9 Å². The Balaban J connectivity index is 1.65. The van der Waals surface area contributed by atoms with Gasteiger partial charge in [-0.1, -0.05) is 42.5 Å². The zero-order valence-electron chi connectivity index (χ0n) is 21.3. The first-order valence-electron chi connectivity index (χ1n) is 12.3. The number of methoxy groups -OCH3 is 1. The number of hydrogen-bond donors (Lipinski definition) is 0. The zero-order valence-corrected chi connectivity index (χ0v) is 21.3. The van der Waals surface area contributed by atoms with E-state index in [-0.39, 0.29) is 41.1 Å². The average Bonchev–Trinajstić information content (AvgIpc) is 2.93. The van der Waals surface area contributed by atoms with Crippen LogP contribution >= 0.6 is 0 Å². The molecule has 1 unspecified atom stereocenters. The van der Waals surface area contributed by atoms with Crippen molar-refractivity contribution in [1.82, 2.24) is 0 Å². The number of para-hydroxylation sites is 1. The maximum absolute atomic E-state index is 13.5. The van der Waals surface area contributed by atoms with E-state index in [2.05, 4.69) is 0 Å². The molecule has 5 aromatic rings. The second-order valence-corrected chi connectivity index (χ2v) is 9.07. The van der Waals surface area contributed by atoms with E-state index in [1.807, 2.05) is 6.07 Å². The molecule has 0 aliphatic heterocycles. The van der Waals surface area contributed by atoms with Gasteiger partial charge in [-0.2, -0.15) is 0 Å². The molecule has 0 bridgehead atoms. The Kier molecular flexibility index (Phi) is 7.10. The molecule has 8 heteroatoms. The number of esters is 1. The van der Waals surface area contributed by atoms with Gasteiger partial charge in [-0.3, -0.25) is 9.59 Å². The lowest BCUT2D eigenvalue weighted by Crippen LogP contribution is -2.21. The monoisotopic (exact) mass is 524 g/mol. The van der Waals surface area contributed by atoms with Gasteiger partial charge in [0.25, 0.3) is 0 Å². The predicted molar refractivity (Wildman–Crippen MR) is 144 cm³/mol. The van der Waals surface area contributed by atoms with Gasteiger partial charge in [-0.15, -0.1) is 0 Å². The van der Waals surface area contributed by atoms with Gasteiger partial charge in [0, 0.05) is 29.4 Å². The molecule has 196 valence electrons. The van der Waals surface area contributed by atoms with Gasteiger partial charge >= 0.3 is 17.2 Å². The van der Waals surface area contributed by atoms with Crippen molar-refractivity contribution in [2.24, 2.45) is 0 Å². The Bertz CT molecular complexity index is 1810. The summed E-state index contributed by atoms with van der Waals surface area (Å²) in [6.07, 6.45) is -0.315. The van der Waals surface area contributed by atoms with Crippen LogP contribution in [0.1, 0.15) is 36.0 Å². The highest BCUT2D eigenvalue weighted by Gasteiger charge is 2.29. The smallest absolute Gasteiger partial charge is 0.343 e. The molecule has 0 aliphatic rings. The Hall–Kier alpha value is -4.98. The molecule has 2 heterocycles. The lowest BCUT2D eigenvalue weighted by molar-refractivity contribution is -0.133.